The monoisotopic (exact) mass is 435 g/mol. The summed E-state index contributed by atoms with van der Waals surface area (Å²) in [6.07, 6.45) is 2.34. The van der Waals surface area contributed by atoms with Crippen molar-refractivity contribution in [2.45, 2.75) is 52.1 Å². The number of phenols is 1. The third kappa shape index (κ3) is 3.70. The number of phenolic OH excluding ortho intramolecular Hbond substituents is 1. The average molecular weight is 436 g/mol. The van der Waals surface area contributed by atoms with E-state index >= 15 is 0 Å². The molecule has 0 bridgehead atoms. The SMILES string of the molecule is COc1cccc2c(-c3cc(CCCO)c4c(c3O)[C@@H](C)N[C@H](C)C4)c(C)cc(OC)c12. The number of aryl methyl sites for hydroxylation is 2. The van der Waals surface area contributed by atoms with Gasteiger partial charge in [0.2, 0.25) is 0 Å². The van der Waals surface area contributed by atoms with Crippen LogP contribution in [0.1, 0.15) is 48.6 Å². The highest BCUT2D eigenvalue weighted by molar-refractivity contribution is 6.06. The van der Waals surface area contributed by atoms with E-state index in [0.717, 1.165) is 57.4 Å². The van der Waals surface area contributed by atoms with E-state index < -0.39 is 0 Å². The Labute approximate surface area is 190 Å². The van der Waals surface area contributed by atoms with Gasteiger partial charge in [-0.3, -0.25) is 0 Å². The van der Waals surface area contributed by atoms with Crippen LogP contribution in [0.4, 0.5) is 0 Å². The van der Waals surface area contributed by atoms with Crippen LogP contribution < -0.4 is 14.8 Å². The van der Waals surface area contributed by atoms with Crippen LogP contribution in [0.2, 0.25) is 0 Å². The Bertz CT molecular complexity index is 1150. The number of fused-ring (bicyclic) bond motifs is 2. The summed E-state index contributed by atoms with van der Waals surface area (Å²) in [5, 5.41) is 26.5. The van der Waals surface area contributed by atoms with E-state index in [2.05, 4.69) is 31.3 Å². The summed E-state index contributed by atoms with van der Waals surface area (Å²) in [6, 6.07) is 10.5. The third-order valence-electron chi connectivity index (χ3n) is 6.62. The normalized spacial score (nSPS) is 17.9. The van der Waals surface area contributed by atoms with Gasteiger partial charge in [0.05, 0.1) is 19.6 Å². The Hall–Kier alpha value is -2.76. The fourth-order valence-corrected chi connectivity index (χ4v) is 5.29. The molecule has 170 valence electrons. The van der Waals surface area contributed by atoms with Crippen molar-refractivity contribution in [3.05, 3.63) is 52.6 Å². The predicted octanol–water partition coefficient (Wildman–Crippen LogP) is 5.06. The van der Waals surface area contributed by atoms with Crippen LogP contribution in [0, 0.1) is 6.92 Å². The summed E-state index contributed by atoms with van der Waals surface area (Å²) in [5.41, 5.74) is 6.21. The number of ether oxygens (including phenoxy) is 2. The molecule has 0 unspecified atom stereocenters. The summed E-state index contributed by atoms with van der Waals surface area (Å²) in [7, 11) is 3.32. The van der Waals surface area contributed by atoms with Gasteiger partial charge in [-0.2, -0.15) is 0 Å². The maximum atomic E-state index is 11.6. The maximum absolute atomic E-state index is 11.6. The number of aromatic hydroxyl groups is 1. The molecule has 3 aromatic rings. The van der Waals surface area contributed by atoms with Gasteiger partial charge in [-0.05, 0) is 85.9 Å². The molecule has 0 spiro atoms. The van der Waals surface area contributed by atoms with Crippen molar-refractivity contribution in [3.8, 4) is 28.4 Å². The number of benzene rings is 3. The highest BCUT2D eigenvalue weighted by Gasteiger charge is 2.29. The minimum Gasteiger partial charge on any atom is -0.507 e. The van der Waals surface area contributed by atoms with Crippen LogP contribution in [-0.4, -0.2) is 37.1 Å². The van der Waals surface area contributed by atoms with Gasteiger partial charge in [0.15, 0.2) is 0 Å². The standard InChI is InChI=1S/C27H33NO4/c1-15-12-23(32-5)26-19(9-6-10-22(26)31-4)24(15)21-14-18(8-7-11-29)20-13-16(2)28-17(3)25(20)27(21)30/h6,9-10,12,14,16-17,28-30H,7-8,11,13H2,1-5H3/t16-,17-/m1/s1. The fourth-order valence-electron chi connectivity index (χ4n) is 5.29. The van der Waals surface area contributed by atoms with Crippen LogP contribution >= 0.6 is 0 Å². The molecule has 5 nitrogen and oxygen atoms in total. The minimum absolute atomic E-state index is 0.0425. The summed E-state index contributed by atoms with van der Waals surface area (Å²) in [5.74, 6) is 1.82. The summed E-state index contributed by atoms with van der Waals surface area (Å²) < 4.78 is 11.3. The molecule has 5 heteroatoms. The van der Waals surface area contributed by atoms with Crippen molar-refractivity contribution in [2.24, 2.45) is 0 Å². The lowest BCUT2D eigenvalue weighted by Crippen LogP contribution is -2.36. The lowest BCUT2D eigenvalue weighted by Gasteiger charge is -2.33. The highest BCUT2D eigenvalue weighted by Crippen LogP contribution is 2.48. The molecule has 0 amide bonds. The van der Waals surface area contributed by atoms with Crippen molar-refractivity contribution in [1.82, 2.24) is 5.32 Å². The average Bonchev–Trinajstić information content (AvgIpc) is 2.77. The van der Waals surface area contributed by atoms with Crippen molar-refractivity contribution in [3.63, 3.8) is 0 Å². The maximum Gasteiger partial charge on any atom is 0.130 e. The zero-order valence-electron chi connectivity index (χ0n) is 19.6. The predicted molar refractivity (Wildman–Crippen MR) is 129 cm³/mol. The van der Waals surface area contributed by atoms with Crippen molar-refractivity contribution >= 4 is 10.8 Å². The zero-order chi connectivity index (χ0) is 23.0. The van der Waals surface area contributed by atoms with E-state index in [1.165, 1.54) is 11.1 Å². The van der Waals surface area contributed by atoms with E-state index in [1.807, 2.05) is 25.1 Å². The zero-order valence-corrected chi connectivity index (χ0v) is 19.6. The fraction of sp³-hybridized carbons (Fsp3) is 0.407. The van der Waals surface area contributed by atoms with E-state index in [4.69, 9.17) is 9.47 Å². The lowest BCUT2D eigenvalue weighted by molar-refractivity contribution is 0.288. The highest BCUT2D eigenvalue weighted by atomic mass is 16.5. The number of aliphatic hydroxyl groups excluding tert-OH is 1. The van der Waals surface area contributed by atoms with Gasteiger partial charge in [0, 0.05) is 29.8 Å². The molecule has 2 atom stereocenters. The van der Waals surface area contributed by atoms with Crippen LogP contribution in [0.5, 0.6) is 17.2 Å². The minimum atomic E-state index is 0.0425. The second-order valence-electron chi connectivity index (χ2n) is 8.80. The summed E-state index contributed by atoms with van der Waals surface area (Å²) in [4.78, 5) is 0. The molecule has 0 aliphatic carbocycles. The molecule has 3 aromatic carbocycles. The number of hydrogen-bond acceptors (Lipinski definition) is 5. The van der Waals surface area contributed by atoms with E-state index in [1.54, 1.807) is 14.2 Å². The van der Waals surface area contributed by atoms with Crippen LogP contribution in [0.25, 0.3) is 21.9 Å². The smallest absolute Gasteiger partial charge is 0.130 e. The Morgan fingerprint density at radius 3 is 2.53 bits per heavy atom. The molecule has 1 aliphatic rings. The Morgan fingerprint density at radius 2 is 1.84 bits per heavy atom. The van der Waals surface area contributed by atoms with E-state index in [-0.39, 0.29) is 12.6 Å². The Kier molecular flexibility index (Phi) is 6.31. The lowest BCUT2D eigenvalue weighted by atomic mass is 9.81. The van der Waals surface area contributed by atoms with Crippen molar-refractivity contribution in [2.75, 3.05) is 20.8 Å². The van der Waals surface area contributed by atoms with Crippen LogP contribution in [0.3, 0.4) is 0 Å². The molecular weight excluding hydrogens is 402 g/mol. The molecule has 0 saturated heterocycles. The molecular formula is C27H33NO4. The number of aliphatic hydroxyl groups is 1. The Morgan fingerprint density at radius 1 is 1.09 bits per heavy atom. The molecule has 1 heterocycles. The van der Waals surface area contributed by atoms with Gasteiger partial charge >= 0.3 is 0 Å². The van der Waals surface area contributed by atoms with E-state index in [0.29, 0.717) is 18.2 Å². The molecule has 4 rings (SSSR count). The third-order valence-corrected chi connectivity index (χ3v) is 6.62. The molecule has 0 radical (unpaired) electrons. The van der Waals surface area contributed by atoms with Crippen molar-refractivity contribution in [1.29, 1.82) is 0 Å². The molecule has 0 aromatic heterocycles. The molecule has 32 heavy (non-hydrogen) atoms. The molecule has 0 fully saturated rings. The van der Waals surface area contributed by atoms with Gasteiger partial charge in [-0.1, -0.05) is 12.1 Å². The first-order valence-corrected chi connectivity index (χ1v) is 11.3. The van der Waals surface area contributed by atoms with Gasteiger partial charge < -0.3 is 25.0 Å². The summed E-state index contributed by atoms with van der Waals surface area (Å²) >= 11 is 0. The largest absolute Gasteiger partial charge is 0.507 e. The van der Waals surface area contributed by atoms with Gasteiger partial charge in [0.1, 0.15) is 17.2 Å². The van der Waals surface area contributed by atoms with Gasteiger partial charge in [0.25, 0.3) is 0 Å². The quantitative estimate of drug-likeness (QED) is 0.505. The van der Waals surface area contributed by atoms with Crippen molar-refractivity contribution < 1.29 is 19.7 Å². The van der Waals surface area contributed by atoms with Gasteiger partial charge in [-0.25, -0.2) is 0 Å². The van der Waals surface area contributed by atoms with E-state index in [9.17, 15) is 10.2 Å². The molecule has 1 aliphatic heterocycles. The molecule has 3 N–H and O–H groups in total. The number of nitrogens with one attached hydrogen (secondary N) is 1. The first kappa shape index (κ1) is 22.4. The van der Waals surface area contributed by atoms with Crippen LogP contribution in [0.15, 0.2) is 30.3 Å². The first-order valence-electron chi connectivity index (χ1n) is 11.3. The van der Waals surface area contributed by atoms with Gasteiger partial charge in [-0.15, -0.1) is 0 Å². The summed E-state index contributed by atoms with van der Waals surface area (Å²) in [6.45, 7) is 6.48. The topological polar surface area (TPSA) is 71.0 Å². The molecule has 0 saturated carbocycles. The second kappa shape index (κ2) is 9.00. The van der Waals surface area contributed by atoms with Crippen LogP contribution in [-0.2, 0) is 12.8 Å². The number of rotatable bonds is 6. The number of methoxy groups -OCH3 is 2. The second-order valence-corrected chi connectivity index (χ2v) is 8.80. The first-order chi connectivity index (χ1) is 15.4. The Balaban J connectivity index is 2.06. The number of hydrogen-bond donors (Lipinski definition) is 3.